The average molecular weight is 358 g/mol. The van der Waals surface area contributed by atoms with Gasteiger partial charge >= 0.3 is 0 Å². The van der Waals surface area contributed by atoms with Crippen LogP contribution in [-0.2, 0) is 0 Å². The second-order valence-corrected chi connectivity index (χ2v) is 5.46. The van der Waals surface area contributed by atoms with Crippen molar-refractivity contribution in [1.29, 1.82) is 0 Å². The van der Waals surface area contributed by atoms with Crippen LogP contribution in [0.2, 0.25) is 0 Å². The summed E-state index contributed by atoms with van der Waals surface area (Å²) in [5.41, 5.74) is 6.40. The quantitative estimate of drug-likeness (QED) is 0.372. The molecule has 0 saturated carbocycles. The summed E-state index contributed by atoms with van der Waals surface area (Å²) in [7, 11) is 0. The maximum atomic E-state index is 5.73. The maximum Gasteiger partial charge on any atom is 0.189 e. The highest BCUT2D eigenvalue weighted by molar-refractivity contribution is 7.80. The molecule has 0 fully saturated rings. The first-order chi connectivity index (χ1) is 11.7. The zero-order valence-corrected chi connectivity index (χ0v) is 14.5. The third-order valence-electron chi connectivity index (χ3n) is 2.79. The molecular weight excluding hydrogens is 340 g/mol. The summed E-state index contributed by atoms with van der Waals surface area (Å²) in [6.45, 7) is 4.18. The lowest BCUT2D eigenvalue weighted by Gasteiger charge is -2.14. The molecule has 24 heavy (non-hydrogen) atoms. The lowest BCUT2D eigenvalue weighted by molar-refractivity contribution is 0.483. The summed E-state index contributed by atoms with van der Waals surface area (Å²) in [4.78, 5) is 0. The van der Waals surface area contributed by atoms with Crippen molar-refractivity contribution < 1.29 is 4.74 Å². The molecule has 0 amide bonds. The Morgan fingerprint density at radius 3 is 2.21 bits per heavy atom. The Hall–Kier alpha value is -2.64. The predicted octanol–water partition coefficient (Wildman–Crippen LogP) is 3.33. The molecule has 4 N–H and O–H groups in total. The molecule has 0 heterocycles. The van der Waals surface area contributed by atoms with Crippen LogP contribution in [0.4, 0.5) is 5.69 Å². The number of rotatable bonds is 5. The van der Waals surface area contributed by atoms with Crippen molar-refractivity contribution in [2.24, 2.45) is 0 Å². The Kier molecular flexibility index (Phi) is 7.00. The SMILES string of the molecule is C=CCNC(=S)NNC(=S)Nc1ccc(Oc2ccccc2)cc1. The molecule has 7 heteroatoms. The van der Waals surface area contributed by atoms with E-state index in [2.05, 4.69) is 28.1 Å². The van der Waals surface area contributed by atoms with Gasteiger partial charge in [0.05, 0.1) is 0 Å². The predicted molar refractivity (Wildman–Crippen MR) is 106 cm³/mol. The van der Waals surface area contributed by atoms with Gasteiger partial charge in [-0.25, -0.2) is 0 Å². The van der Waals surface area contributed by atoms with Crippen molar-refractivity contribution in [3.8, 4) is 11.5 Å². The first kappa shape index (κ1) is 17.7. The van der Waals surface area contributed by atoms with Crippen molar-refractivity contribution in [3.05, 3.63) is 67.3 Å². The molecule has 2 aromatic carbocycles. The average Bonchev–Trinajstić information content (AvgIpc) is 2.61. The van der Waals surface area contributed by atoms with Crippen LogP contribution in [0.15, 0.2) is 67.3 Å². The monoisotopic (exact) mass is 358 g/mol. The second kappa shape index (κ2) is 9.49. The van der Waals surface area contributed by atoms with Crippen LogP contribution < -0.4 is 26.2 Å². The molecule has 0 unspecified atom stereocenters. The van der Waals surface area contributed by atoms with Gasteiger partial charge in [0.1, 0.15) is 11.5 Å². The molecule has 0 aliphatic carbocycles. The molecule has 0 atom stereocenters. The molecular formula is C17H18N4OS2. The van der Waals surface area contributed by atoms with Crippen molar-refractivity contribution >= 4 is 40.3 Å². The van der Waals surface area contributed by atoms with E-state index in [0.717, 1.165) is 17.2 Å². The smallest absolute Gasteiger partial charge is 0.189 e. The fourth-order valence-corrected chi connectivity index (χ4v) is 2.02. The Morgan fingerprint density at radius 2 is 1.54 bits per heavy atom. The van der Waals surface area contributed by atoms with Crippen molar-refractivity contribution in [3.63, 3.8) is 0 Å². The Labute approximate surface area is 152 Å². The van der Waals surface area contributed by atoms with Gasteiger partial charge in [0.2, 0.25) is 0 Å². The largest absolute Gasteiger partial charge is 0.457 e. The molecule has 0 bridgehead atoms. The molecule has 0 spiro atoms. The zero-order chi connectivity index (χ0) is 17.2. The number of anilines is 1. The van der Waals surface area contributed by atoms with Crippen LogP contribution in [0.1, 0.15) is 0 Å². The van der Waals surface area contributed by atoms with Crippen molar-refractivity contribution in [1.82, 2.24) is 16.2 Å². The normalized spacial score (nSPS) is 9.50. The number of ether oxygens (including phenoxy) is 1. The highest BCUT2D eigenvalue weighted by atomic mass is 32.1. The van der Waals surface area contributed by atoms with Gasteiger partial charge in [-0.1, -0.05) is 24.3 Å². The fraction of sp³-hybridized carbons (Fsp3) is 0.0588. The van der Waals surface area contributed by atoms with Crippen LogP contribution >= 0.6 is 24.4 Å². The van der Waals surface area contributed by atoms with E-state index in [9.17, 15) is 0 Å². The van der Waals surface area contributed by atoms with Gasteiger partial charge in [0, 0.05) is 12.2 Å². The minimum atomic E-state index is 0.398. The third-order valence-corrected chi connectivity index (χ3v) is 3.24. The van der Waals surface area contributed by atoms with E-state index >= 15 is 0 Å². The van der Waals surface area contributed by atoms with Crippen LogP contribution in [0.3, 0.4) is 0 Å². The second-order valence-electron chi connectivity index (χ2n) is 4.64. The summed E-state index contributed by atoms with van der Waals surface area (Å²) in [6, 6.07) is 17.1. The van der Waals surface area contributed by atoms with Gasteiger partial charge in [0.25, 0.3) is 0 Å². The van der Waals surface area contributed by atoms with Gasteiger partial charge in [-0.15, -0.1) is 6.58 Å². The lowest BCUT2D eigenvalue weighted by Crippen LogP contribution is -2.48. The Balaban J connectivity index is 1.79. The van der Waals surface area contributed by atoms with E-state index < -0.39 is 0 Å². The molecule has 0 aliphatic heterocycles. The van der Waals surface area contributed by atoms with Crippen LogP contribution in [0.25, 0.3) is 0 Å². The van der Waals surface area contributed by atoms with E-state index in [1.165, 1.54) is 0 Å². The minimum Gasteiger partial charge on any atom is -0.457 e. The number of hydrogen-bond donors (Lipinski definition) is 4. The summed E-state index contributed by atoms with van der Waals surface area (Å²) < 4.78 is 5.73. The number of benzene rings is 2. The topological polar surface area (TPSA) is 57.3 Å². The van der Waals surface area contributed by atoms with E-state index in [1.54, 1.807) is 6.08 Å². The van der Waals surface area contributed by atoms with Crippen LogP contribution in [0.5, 0.6) is 11.5 Å². The highest BCUT2D eigenvalue weighted by Crippen LogP contribution is 2.22. The highest BCUT2D eigenvalue weighted by Gasteiger charge is 2.00. The first-order valence-electron chi connectivity index (χ1n) is 7.22. The van der Waals surface area contributed by atoms with Crippen molar-refractivity contribution in [2.75, 3.05) is 11.9 Å². The number of thiocarbonyl (C=S) groups is 2. The van der Waals surface area contributed by atoms with Crippen LogP contribution in [-0.4, -0.2) is 16.8 Å². The summed E-state index contributed by atoms with van der Waals surface area (Å²) >= 11 is 10.2. The van der Waals surface area contributed by atoms with E-state index in [0.29, 0.717) is 16.8 Å². The van der Waals surface area contributed by atoms with Crippen molar-refractivity contribution in [2.45, 2.75) is 0 Å². The van der Waals surface area contributed by atoms with Gasteiger partial charge in [-0.3, -0.25) is 10.9 Å². The molecule has 124 valence electrons. The van der Waals surface area contributed by atoms with Crippen LogP contribution in [0, 0.1) is 0 Å². The van der Waals surface area contributed by atoms with Gasteiger partial charge in [-0.2, -0.15) is 0 Å². The molecule has 0 radical (unpaired) electrons. The number of para-hydroxylation sites is 1. The Morgan fingerprint density at radius 1 is 0.917 bits per heavy atom. The zero-order valence-electron chi connectivity index (χ0n) is 12.9. The van der Waals surface area contributed by atoms with Gasteiger partial charge < -0.3 is 15.4 Å². The molecule has 2 rings (SSSR count). The summed E-state index contributed by atoms with van der Waals surface area (Å²) in [5.74, 6) is 1.54. The molecule has 0 aliphatic rings. The third kappa shape index (κ3) is 6.23. The Bertz CT molecular complexity index is 689. The molecule has 5 nitrogen and oxygen atoms in total. The van der Waals surface area contributed by atoms with Gasteiger partial charge in [0.15, 0.2) is 10.2 Å². The standard InChI is InChI=1S/C17H18N4OS2/c1-2-12-18-16(23)20-21-17(24)19-13-8-10-15(11-9-13)22-14-6-4-3-5-7-14/h2-11H,1,12H2,(H2,18,20,23)(H2,19,21,24). The number of hydrogen-bond acceptors (Lipinski definition) is 3. The van der Waals surface area contributed by atoms with E-state index in [1.807, 2.05) is 54.6 Å². The number of nitrogens with one attached hydrogen (secondary N) is 4. The van der Waals surface area contributed by atoms with E-state index in [-0.39, 0.29) is 0 Å². The lowest BCUT2D eigenvalue weighted by atomic mass is 10.3. The summed E-state index contributed by atoms with van der Waals surface area (Å²) in [5, 5.41) is 6.79. The van der Waals surface area contributed by atoms with Gasteiger partial charge in [-0.05, 0) is 60.8 Å². The van der Waals surface area contributed by atoms with E-state index in [4.69, 9.17) is 29.2 Å². The number of hydrazine groups is 1. The first-order valence-corrected chi connectivity index (χ1v) is 8.04. The molecule has 2 aromatic rings. The molecule has 0 saturated heterocycles. The maximum absolute atomic E-state index is 5.73. The fourth-order valence-electron chi connectivity index (χ4n) is 1.72. The minimum absolute atomic E-state index is 0.398. The molecule has 0 aromatic heterocycles. The summed E-state index contributed by atoms with van der Waals surface area (Å²) in [6.07, 6.45) is 1.71.